The van der Waals surface area contributed by atoms with Crippen LogP contribution in [0.2, 0.25) is 0 Å². The Labute approximate surface area is 210 Å². The number of halogens is 1. The Hall–Kier alpha value is -3.62. The van der Waals surface area contributed by atoms with E-state index in [1.54, 1.807) is 39.6 Å². The second-order valence-electron chi connectivity index (χ2n) is 8.22. The van der Waals surface area contributed by atoms with Crippen LogP contribution in [0.15, 0.2) is 77.6 Å². The van der Waals surface area contributed by atoms with Crippen molar-refractivity contribution in [2.75, 3.05) is 11.4 Å². The molecule has 0 aliphatic rings. The number of anilines is 1. The lowest BCUT2D eigenvalue weighted by molar-refractivity contribution is -0.119. The summed E-state index contributed by atoms with van der Waals surface area (Å²) in [6.07, 6.45) is 0. The zero-order chi connectivity index (χ0) is 24.7. The van der Waals surface area contributed by atoms with Gasteiger partial charge in [-0.05, 0) is 62.0 Å². The molecule has 0 atom stereocenters. The number of likely N-dealkylation sites (N-methyl/N-ethyl adjacent to an activating group) is 1. The lowest BCUT2D eigenvalue weighted by Gasteiger charge is -2.23. The third-order valence-electron chi connectivity index (χ3n) is 6.01. The second-order valence-corrected chi connectivity index (χ2v) is 9.87. The van der Waals surface area contributed by atoms with Gasteiger partial charge in [-0.15, -0.1) is 11.3 Å². The van der Waals surface area contributed by atoms with Gasteiger partial charge in [-0.1, -0.05) is 42.5 Å². The topological polar surface area (TPSA) is 46.7 Å². The number of aryl methyl sites for hydroxylation is 1. The van der Waals surface area contributed by atoms with Crippen LogP contribution in [0.3, 0.4) is 0 Å². The number of nitrogens with zero attached hydrogens (tertiary/aromatic N) is 3. The number of carbonyl (C=O) groups is 1. The number of hydrogen-bond acceptors (Lipinski definition) is 4. The minimum absolute atomic E-state index is 0.206. The van der Waals surface area contributed by atoms with Crippen LogP contribution in [-0.4, -0.2) is 21.4 Å². The summed E-state index contributed by atoms with van der Waals surface area (Å²) in [6, 6.07) is 21.2. The molecule has 8 heteroatoms. The summed E-state index contributed by atoms with van der Waals surface area (Å²) >= 11 is 6.90. The molecule has 5 aromatic rings. The number of fused-ring (bicyclic) bond motifs is 3. The molecule has 0 aliphatic heterocycles. The Bertz CT molecular complexity index is 1720. The van der Waals surface area contributed by atoms with Crippen molar-refractivity contribution in [1.82, 2.24) is 8.97 Å². The second kappa shape index (κ2) is 9.20. The van der Waals surface area contributed by atoms with Crippen molar-refractivity contribution < 1.29 is 9.18 Å². The van der Waals surface area contributed by atoms with Gasteiger partial charge in [-0.25, -0.2) is 4.39 Å². The SMILES string of the molecule is CCN(C(=O)Cn1c(=O)c2ccccc2n2c(=S)sc(-c3ccccc3F)c12)c1cccc(C)c1. The summed E-state index contributed by atoms with van der Waals surface area (Å²) in [5, 5.41) is 0.445. The molecule has 2 aromatic heterocycles. The van der Waals surface area contributed by atoms with Gasteiger partial charge >= 0.3 is 0 Å². The Morgan fingerprint density at radius 3 is 2.54 bits per heavy atom. The summed E-state index contributed by atoms with van der Waals surface area (Å²) in [4.78, 5) is 29.4. The molecular weight excluding hydrogens is 481 g/mol. The molecule has 0 unspecified atom stereocenters. The molecule has 2 heterocycles. The number of amides is 1. The first-order chi connectivity index (χ1) is 16.9. The smallest absolute Gasteiger partial charge is 0.262 e. The van der Waals surface area contributed by atoms with Crippen molar-refractivity contribution in [3.63, 3.8) is 0 Å². The van der Waals surface area contributed by atoms with E-state index in [1.165, 1.54) is 22.0 Å². The highest BCUT2D eigenvalue weighted by Gasteiger charge is 2.23. The van der Waals surface area contributed by atoms with E-state index in [0.717, 1.165) is 11.3 Å². The van der Waals surface area contributed by atoms with Gasteiger partial charge in [-0.2, -0.15) is 0 Å². The molecule has 176 valence electrons. The maximum Gasteiger partial charge on any atom is 0.262 e. The maximum absolute atomic E-state index is 14.9. The Kier molecular flexibility index (Phi) is 6.08. The molecule has 35 heavy (non-hydrogen) atoms. The summed E-state index contributed by atoms with van der Waals surface area (Å²) in [5.74, 6) is -0.659. The van der Waals surface area contributed by atoms with Gasteiger partial charge in [0.05, 0.1) is 15.8 Å². The summed E-state index contributed by atoms with van der Waals surface area (Å²) < 4.78 is 18.5. The average molecular weight is 504 g/mol. The lowest BCUT2D eigenvalue weighted by atomic mass is 10.1. The highest BCUT2D eigenvalue weighted by Crippen LogP contribution is 2.34. The molecule has 0 saturated heterocycles. The molecule has 0 saturated carbocycles. The summed E-state index contributed by atoms with van der Waals surface area (Å²) in [5.41, 5.74) is 2.87. The molecule has 0 spiro atoms. The van der Waals surface area contributed by atoms with E-state index < -0.39 is 5.82 Å². The molecule has 5 nitrogen and oxygen atoms in total. The van der Waals surface area contributed by atoms with E-state index in [9.17, 15) is 14.0 Å². The van der Waals surface area contributed by atoms with Crippen LogP contribution in [0.5, 0.6) is 0 Å². The fourth-order valence-corrected chi connectivity index (χ4v) is 5.85. The van der Waals surface area contributed by atoms with Gasteiger partial charge in [-0.3, -0.25) is 18.6 Å². The Balaban J connectivity index is 1.77. The first-order valence-corrected chi connectivity index (χ1v) is 12.4. The van der Waals surface area contributed by atoms with Crippen LogP contribution < -0.4 is 10.5 Å². The lowest BCUT2D eigenvalue weighted by Crippen LogP contribution is -2.37. The molecule has 5 rings (SSSR count). The number of hydrogen-bond donors (Lipinski definition) is 0. The number of benzene rings is 3. The highest BCUT2D eigenvalue weighted by atomic mass is 32.1. The van der Waals surface area contributed by atoms with E-state index in [4.69, 9.17) is 12.2 Å². The van der Waals surface area contributed by atoms with Gasteiger partial charge in [0.25, 0.3) is 5.56 Å². The van der Waals surface area contributed by atoms with E-state index in [1.807, 2.05) is 50.2 Å². The van der Waals surface area contributed by atoms with Crippen molar-refractivity contribution >= 4 is 51.7 Å². The van der Waals surface area contributed by atoms with Crippen molar-refractivity contribution in [2.45, 2.75) is 20.4 Å². The minimum atomic E-state index is -0.417. The van der Waals surface area contributed by atoms with Crippen molar-refractivity contribution in [3.8, 4) is 10.4 Å². The van der Waals surface area contributed by atoms with Gasteiger partial charge < -0.3 is 4.90 Å². The van der Waals surface area contributed by atoms with Gasteiger partial charge in [0.15, 0.2) is 3.95 Å². The molecule has 0 bridgehead atoms. The van der Waals surface area contributed by atoms with Gasteiger partial charge in [0.1, 0.15) is 18.0 Å². The molecule has 1 amide bonds. The molecular formula is C27H22FN3O2S2. The van der Waals surface area contributed by atoms with Gasteiger partial charge in [0.2, 0.25) is 5.91 Å². The van der Waals surface area contributed by atoms with Crippen LogP contribution in [0.1, 0.15) is 12.5 Å². The molecule has 0 fully saturated rings. The number of carbonyl (C=O) groups excluding carboxylic acids is 1. The summed E-state index contributed by atoms with van der Waals surface area (Å²) in [6.45, 7) is 4.09. The van der Waals surface area contributed by atoms with Gasteiger partial charge in [0, 0.05) is 17.8 Å². The number of para-hydroxylation sites is 1. The van der Waals surface area contributed by atoms with E-state index in [-0.39, 0.29) is 18.0 Å². The predicted octanol–water partition coefficient (Wildman–Crippen LogP) is 6.21. The largest absolute Gasteiger partial charge is 0.311 e. The van der Waals surface area contributed by atoms with E-state index in [0.29, 0.717) is 37.5 Å². The number of thiazole rings is 1. The Morgan fingerprint density at radius 1 is 1.06 bits per heavy atom. The maximum atomic E-state index is 14.9. The zero-order valence-electron chi connectivity index (χ0n) is 19.2. The van der Waals surface area contributed by atoms with Crippen LogP contribution in [-0.2, 0) is 11.3 Å². The average Bonchev–Trinajstić information content (AvgIpc) is 3.19. The van der Waals surface area contributed by atoms with Crippen molar-refractivity contribution in [1.29, 1.82) is 0 Å². The summed E-state index contributed by atoms with van der Waals surface area (Å²) in [7, 11) is 0. The molecule has 0 radical (unpaired) electrons. The zero-order valence-corrected chi connectivity index (χ0v) is 20.8. The van der Waals surface area contributed by atoms with Crippen LogP contribution >= 0.6 is 23.6 Å². The van der Waals surface area contributed by atoms with E-state index >= 15 is 0 Å². The predicted molar refractivity (Wildman–Crippen MR) is 142 cm³/mol. The van der Waals surface area contributed by atoms with Crippen LogP contribution in [0, 0.1) is 16.7 Å². The third kappa shape index (κ3) is 3.98. The molecule has 3 aromatic carbocycles. The minimum Gasteiger partial charge on any atom is -0.311 e. The van der Waals surface area contributed by atoms with Crippen molar-refractivity contribution in [2.24, 2.45) is 0 Å². The monoisotopic (exact) mass is 503 g/mol. The Morgan fingerprint density at radius 2 is 1.80 bits per heavy atom. The highest BCUT2D eigenvalue weighted by molar-refractivity contribution is 7.73. The normalized spacial score (nSPS) is 11.3. The first-order valence-electron chi connectivity index (χ1n) is 11.2. The van der Waals surface area contributed by atoms with Crippen LogP contribution in [0.4, 0.5) is 10.1 Å². The molecule has 0 aliphatic carbocycles. The number of aromatic nitrogens is 2. The van der Waals surface area contributed by atoms with Crippen LogP contribution in [0.25, 0.3) is 27.0 Å². The standard InChI is InChI=1S/C27H22FN3O2S2/c1-3-29(18-10-8-9-17(2)15-18)23(32)16-30-25-24(19-11-4-6-13-21(19)28)35-27(34)31(25)22-14-7-5-12-20(22)26(30)33/h4-15H,3,16H2,1-2H3. The quantitative estimate of drug-likeness (QED) is 0.268. The molecule has 0 N–H and O–H groups in total. The fourth-order valence-electron chi connectivity index (χ4n) is 4.40. The van der Waals surface area contributed by atoms with E-state index in [2.05, 4.69) is 0 Å². The third-order valence-corrected chi connectivity index (χ3v) is 7.40. The first kappa shape index (κ1) is 23.1. The van der Waals surface area contributed by atoms with Crippen molar-refractivity contribution in [3.05, 3.63) is 98.5 Å². The fraction of sp³-hybridized carbons (Fsp3) is 0.148. The number of rotatable bonds is 5.